The zero-order valence-electron chi connectivity index (χ0n) is 15.1. The molecule has 0 spiro atoms. The van der Waals surface area contributed by atoms with Gasteiger partial charge in [-0.05, 0) is 56.3 Å². The van der Waals surface area contributed by atoms with E-state index in [0.29, 0.717) is 12.0 Å². The summed E-state index contributed by atoms with van der Waals surface area (Å²) in [5.41, 5.74) is 0.283. The Morgan fingerprint density at radius 2 is 1.92 bits per heavy atom. The van der Waals surface area contributed by atoms with E-state index < -0.39 is 5.97 Å². The molecule has 1 unspecified atom stereocenters. The van der Waals surface area contributed by atoms with Gasteiger partial charge in [0.1, 0.15) is 0 Å². The van der Waals surface area contributed by atoms with Crippen LogP contribution in [0.1, 0.15) is 65.2 Å². The maximum absolute atomic E-state index is 12.5. The van der Waals surface area contributed by atoms with Crippen LogP contribution in [0.3, 0.4) is 0 Å². The monoisotopic (exact) mass is 336 g/mol. The van der Waals surface area contributed by atoms with E-state index >= 15 is 0 Å². The standard InChI is InChI=1S/C19H32N2O3/c1-19(2)7-3-4-14(10-19)18(24)20-15-8-16(9-15)21(12-17(22)23)11-13-5-6-13/h13-16H,3-12H2,1-2H3,(H,20,24)(H,22,23). The van der Waals surface area contributed by atoms with Gasteiger partial charge in [-0.3, -0.25) is 14.5 Å². The van der Waals surface area contributed by atoms with E-state index in [1.54, 1.807) is 0 Å². The van der Waals surface area contributed by atoms with Crippen molar-refractivity contribution in [3.8, 4) is 0 Å². The van der Waals surface area contributed by atoms with Gasteiger partial charge in [0.25, 0.3) is 0 Å². The van der Waals surface area contributed by atoms with Gasteiger partial charge >= 0.3 is 5.97 Å². The highest BCUT2D eigenvalue weighted by Gasteiger charge is 2.39. The SMILES string of the molecule is CC1(C)CCCC(C(=O)NC2CC(N(CC(=O)O)CC3CC3)C2)C1. The summed E-state index contributed by atoms with van der Waals surface area (Å²) in [6, 6.07) is 0.567. The van der Waals surface area contributed by atoms with Crippen LogP contribution in [-0.2, 0) is 9.59 Å². The van der Waals surface area contributed by atoms with Gasteiger partial charge in [-0.2, -0.15) is 0 Å². The summed E-state index contributed by atoms with van der Waals surface area (Å²) in [5.74, 6) is 0.336. The molecule has 24 heavy (non-hydrogen) atoms. The first-order valence-corrected chi connectivity index (χ1v) is 9.58. The van der Waals surface area contributed by atoms with Crippen molar-refractivity contribution in [1.82, 2.24) is 10.2 Å². The molecule has 0 aliphatic heterocycles. The van der Waals surface area contributed by atoms with E-state index in [1.807, 2.05) is 0 Å². The fourth-order valence-corrected chi connectivity index (χ4v) is 4.39. The number of aliphatic carboxylic acids is 1. The number of carboxylic acid groups (broad SMARTS) is 1. The summed E-state index contributed by atoms with van der Waals surface area (Å²) in [6.07, 6.45) is 8.64. The molecule has 1 amide bonds. The highest BCUT2D eigenvalue weighted by molar-refractivity contribution is 5.79. The van der Waals surface area contributed by atoms with Gasteiger partial charge in [0.15, 0.2) is 0 Å². The molecule has 0 aromatic rings. The number of hydrogen-bond donors (Lipinski definition) is 2. The van der Waals surface area contributed by atoms with E-state index in [-0.39, 0.29) is 29.8 Å². The number of amides is 1. The van der Waals surface area contributed by atoms with Crippen molar-refractivity contribution >= 4 is 11.9 Å². The fraction of sp³-hybridized carbons (Fsp3) is 0.895. The molecule has 5 heteroatoms. The van der Waals surface area contributed by atoms with Crippen LogP contribution in [0.5, 0.6) is 0 Å². The number of hydrogen-bond acceptors (Lipinski definition) is 3. The summed E-state index contributed by atoms with van der Waals surface area (Å²) >= 11 is 0. The normalized spacial score (nSPS) is 32.2. The van der Waals surface area contributed by atoms with Crippen molar-refractivity contribution in [3.05, 3.63) is 0 Å². The second kappa shape index (κ2) is 7.03. The molecule has 2 N–H and O–H groups in total. The second-order valence-electron chi connectivity index (χ2n) is 9.05. The molecule has 0 heterocycles. The number of carboxylic acids is 1. The van der Waals surface area contributed by atoms with E-state index in [9.17, 15) is 9.59 Å². The van der Waals surface area contributed by atoms with Crippen molar-refractivity contribution < 1.29 is 14.7 Å². The Labute approximate surface area is 145 Å². The van der Waals surface area contributed by atoms with Crippen LogP contribution in [0.4, 0.5) is 0 Å². The zero-order valence-corrected chi connectivity index (χ0v) is 15.1. The maximum atomic E-state index is 12.5. The van der Waals surface area contributed by atoms with Crippen LogP contribution in [-0.4, -0.2) is 47.1 Å². The number of nitrogens with zero attached hydrogens (tertiary/aromatic N) is 1. The number of carbonyl (C=O) groups excluding carboxylic acids is 1. The number of carbonyl (C=O) groups is 2. The Bertz CT molecular complexity index is 481. The van der Waals surface area contributed by atoms with Crippen LogP contribution >= 0.6 is 0 Å². The third-order valence-corrected chi connectivity index (χ3v) is 6.08. The van der Waals surface area contributed by atoms with E-state index in [4.69, 9.17) is 5.11 Å². The molecule has 3 saturated carbocycles. The summed E-state index contributed by atoms with van der Waals surface area (Å²) < 4.78 is 0. The molecule has 0 saturated heterocycles. The van der Waals surface area contributed by atoms with E-state index in [1.165, 1.54) is 19.3 Å². The minimum absolute atomic E-state index is 0.138. The van der Waals surface area contributed by atoms with Crippen LogP contribution in [0, 0.1) is 17.3 Å². The smallest absolute Gasteiger partial charge is 0.317 e. The van der Waals surface area contributed by atoms with Crippen LogP contribution < -0.4 is 5.32 Å². The van der Waals surface area contributed by atoms with Crippen LogP contribution in [0.15, 0.2) is 0 Å². The summed E-state index contributed by atoms with van der Waals surface area (Å²) in [7, 11) is 0. The number of nitrogens with one attached hydrogen (secondary N) is 1. The molecule has 136 valence electrons. The van der Waals surface area contributed by atoms with Crippen molar-refractivity contribution in [2.75, 3.05) is 13.1 Å². The van der Waals surface area contributed by atoms with Gasteiger partial charge in [0, 0.05) is 24.5 Å². The molecule has 1 atom stereocenters. The molecule has 3 rings (SSSR count). The average molecular weight is 336 g/mol. The maximum Gasteiger partial charge on any atom is 0.317 e. The topological polar surface area (TPSA) is 69.6 Å². The first-order chi connectivity index (χ1) is 11.3. The summed E-state index contributed by atoms with van der Waals surface area (Å²) in [6.45, 7) is 5.56. The quantitative estimate of drug-likeness (QED) is 0.750. The Kier molecular flexibility index (Phi) is 5.19. The minimum Gasteiger partial charge on any atom is -0.480 e. The van der Waals surface area contributed by atoms with Gasteiger partial charge in [0.2, 0.25) is 5.91 Å². The van der Waals surface area contributed by atoms with Gasteiger partial charge in [-0.1, -0.05) is 20.3 Å². The van der Waals surface area contributed by atoms with Crippen molar-refractivity contribution in [2.24, 2.45) is 17.3 Å². The van der Waals surface area contributed by atoms with Gasteiger partial charge in [-0.15, -0.1) is 0 Å². The van der Waals surface area contributed by atoms with E-state index in [0.717, 1.165) is 38.6 Å². The first-order valence-electron chi connectivity index (χ1n) is 9.58. The molecule has 0 aromatic heterocycles. The lowest BCUT2D eigenvalue weighted by atomic mass is 9.72. The Morgan fingerprint density at radius 3 is 2.50 bits per heavy atom. The third-order valence-electron chi connectivity index (χ3n) is 6.08. The zero-order chi connectivity index (χ0) is 17.3. The molecule has 0 radical (unpaired) electrons. The lowest BCUT2D eigenvalue weighted by Crippen LogP contribution is -2.56. The molecule has 3 fully saturated rings. The average Bonchev–Trinajstić information content (AvgIpc) is 3.23. The number of rotatable bonds is 7. The lowest BCUT2D eigenvalue weighted by molar-refractivity contribution is -0.140. The predicted octanol–water partition coefficient (Wildman–Crippen LogP) is 2.65. The fourth-order valence-electron chi connectivity index (χ4n) is 4.39. The molecule has 5 nitrogen and oxygen atoms in total. The van der Waals surface area contributed by atoms with Gasteiger partial charge in [-0.25, -0.2) is 0 Å². The Morgan fingerprint density at radius 1 is 1.21 bits per heavy atom. The van der Waals surface area contributed by atoms with Crippen molar-refractivity contribution in [3.63, 3.8) is 0 Å². The predicted molar refractivity (Wildman–Crippen MR) is 92.6 cm³/mol. The lowest BCUT2D eigenvalue weighted by Gasteiger charge is -2.43. The summed E-state index contributed by atoms with van der Waals surface area (Å²) in [5, 5.41) is 12.3. The highest BCUT2D eigenvalue weighted by Crippen LogP contribution is 2.39. The van der Waals surface area contributed by atoms with Crippen molar-refractivity contribution in [1.29, 1.82) is 0 Å². The summed E-state index contributed by atoms with van der Waals surface area (Å²) in [4.78, 5) is 25.7. The largest absolute Gasteiger partial charge is 0.480 e. The molecule has 3 aliphatic rings. The Hall–Kier alpha value is -1.10. The molecular formula is C19H32N2O3. The molecule has 3 aliphatic carbocycles. The molecular weight excluding hydrogens is 304 g/mol. The first kappa shape index (κ1) is 17.7. The Balaban J connectivity index is 1.43. The molecule has 0 aromatic carbocycles. The van der Waals surface area contributed by atoms with E-state index in [2.05, 4.69) is 24.1 Å². The van der Waals surface area contributed by atoms with Gasteiger partial charge in [0.05, 0.1) is 6.54 Å². The van der Waals surface area contributed by atoms with Gasteiger partial charge < -0.3 is 10.4 Å². The minimum atomic E-state index is -0.743. The van der Waals surface area contributed by atoms with Crippen LogP contribution in [0.25, 0.3) is 0 Å². The highest BCUT2D eigenvalue weighted by atomic mass is 16.4. The van der Waals surface area contributed by atoms with Crippen LogP contribution in [0.2, 0.25) is 0 Å². The second-order valence-corrected chi connectivity index (χ2v) is 9.05. The molecule has 0 bridgehead atoms. The van der Waals surface area contributed by atoms with Crippen molar-refractivity contribution in [2.45, 2.75) is 77.3 Å². The third kappa shape index (κ3) is 4.71.